The summed E-state index contributed by atoms with van der Waals surface area (Å²) in [4.78, 5) is 5.23. The van der Waals surface area contributed by atoms with Gasteiger partial charge in [-0.05, 0) is 148 Å². The van der Waals surface area contributed by atoms with Gasteiger partial charge in [0.2, 0.25) is 0 Å². The Kier molecular flexibility index (Phi) is 6.11. The summed E-state index contributed by atoms with van der Waals surface area (Å²) in [7, 11) is 0. The summed E-state index contributed by atoms with van der Waals surface area (Å²) < 4.78 is 0. The zero-order valence-electron chi connectivity index (χ0n) is 28.9. The van der Waals surface area contributed by atoms with Gasteiger partial charge in [0.05, 0.1) is 0 Å². The molecule has 0 atom stereocenters. The van der Waals surface area contributed by atoms with Crippen LogP contribution in [0.2, 0.25) is 0 Å². The molecule has 0 N–H and O–H groups in total. The SMILES string of the molecule is CCN1CCc2c(cc3c4c(-c5ccccc5)c5c6cccc7c8c(cc(c5c(-c5ccccc5)c4c4cccc2c34)c76)N(CC)CCC8)C1. The summed E-state index contributed by atoms with van der Waals surface area (Å²) in [6.45, 7) is 10.0. The zero-order valence-corrected chi connectivity index (χ0v) is 28.9. The highest BCUT2D eigenvalue weighted by molar-refractivity contribution is 6.47. The Morgan fingerprint density at radius 1 is 0.480 bits per heavy atom. The molecule has 9 aromatic rings. The minimum Gasteiger partial charge on any atom is -0.372 e. The van der Waals surface area contributed by atoms with Gasteiger partial charge in [-0.3, -0.25) is 4.90 Å². The molecule has 2 heteroatoms. The highest BCUT2D eigenvalue weighted by atomic mass is 15.1. The van der Waals surface area contributed by atoms with Crippen LogP contribution in [0.5, 0.6) is 0 Å². The van der Waals surface area contributed by atoms with E-state index in [1.165, 1.54) is 110 Å². The molecule has 0 fully saturated rings. The Hall–Kier alpha value is -5.18. The van der Waals surface area contributed by atoms with E-state index >= 15 is 0 Å². The fraction of sp³-hybridized carbons (Fsp3) is 0.208. The van der Waals surface area contributed by atoms with E-state index in [2.05, 4.69) is 133 Å². The molecule has 2 nitrogen and oxygen atoms in total. The maximum Gasteiger partial charge on any atom is 0.0411 e. The van der Waals surface area contributed by atoms with Crippen LogP contribution in [-0.4, -0.2) is 31.1 Å². The van der Waals surface area contributed by atoms with Gasteiger partial charge in [-0.15, -0.1) is 0 Å². The molecule has 0 bridgehead atoms. The molecule has 2 heterocycles. The molecule has 50 heavy (non-hydrogen) atoms. The highest BCUT2D eigenvalue weighted by Gasteiger charge is 2.30. The number of nitrogens with zero attached hydrogens (tertiary/aromatic N) is 2. The minimum atomic E-state index is 1.02. The Labute approximate surface area is 293 Å². The van der Waals surface area contributed by atoms with Crippen molar-refractivity contribution in [1.82, 2.24) is 4.90 Å². The summed E-state index contributed by atoms with van der Waals surface area (Å²) in [5.74, 6) is 0. The Morgan fingerprint density at radius 3 is 1.64 bits per heavy atom. The van der Waals surface area contributed by atoms with Crippen LogP contribution in [0.15, 0.2) is 109 Å². The Balaban J connectivity index is 1.45. The maximum absolute atomic E-state index is 2.62. The number of hydrogen-bond acceptors (Lipinski definition) is 2. The minimum absolute atomic E-state index is 1.02. The van der Waals surface area contributed by atoms with E-state index in [4.69, 9.17) is 0 Å². The lowest BCUT2D eigenvalue weighted by atomic mass is 9.87. The molecule has 242 valence electrons. The predicted molar refractivity (Wildman–Crippen MR) is 216 cm³/mol. The van der Waals surface area contributed by atoms with Crippen LogP contribution in [0.4, 0.5) is 5.69 Å². The third kappa shape index (κ3) is 3.72. The van der Waals surface area contributed by atoms with Crippen molar-refractivity contribution in [2.24, 2.45) is 0 Å². The van der Waals surface area contributed by atoms with Crippen LogP contribution in [-0.2, 0) is 19.4 Å². The average Bonchev–Trinajstić information content (AvgIpc) is 3.68. The number of rotatable bonds is 4. The normalized spacial score (nSPS) is 15.4. The van der Waals surface area contributed by atoms with Gasteiger partial charge in [0.1, 0.15) is 0 Å². The van der Waals surface area contributed by atoms with E-state index in [1.807, 2.05) is 0 Å². The van der Waals surface area contributed by atoms with Crippen LogP contribution in [0, 0.1) is 0 Å². The molecule has 2 aliphatic heterocycles. The molecule has 0 spiro atoms. The van der Waals surface area contributed by atoms with Gasteiger partial charge in [0.15, 0.2) is 0 Å². The van der Waals surface area contributed by atoms with Crippen LogP contribution in [0.1, 0.15) is 37.0 Å². The lowest BCUT2D eigenvalue weighted by molar-refractivity contribution is 0.269. The lowest BCUT2D eigenvalue weighted by Crippen LogP contribution is -2.30. The molecule has 0 unspecified atom stereocenters. The summed E-state index contributed by atoms with van der Waals surface area (Å²) in [6, 6.07) is 42.1. The lowest BCUT2D eigenvalue weighted by Gasteiger charge is -2.31. The smallest absolute Gasteiger partial charge is 0.0411 e. The molecule has 0 aromatic heterocycles. The van der Waals surface area contributed by atoms with Gasteiger partial charge in [-0.1, -0.05) is 104 Å². The van der Waals surface area contributed by atoms with Crippen molar-refractivity contribution in [1.29, 1.82) is 0 Å². The highest BCUT2D eigenvalue weighted by Crippen LogP contribution is 2.57. The first kappa shape index (κ1) is 28.6. The van der Waals surface area contributed by atoms with Crippen molar-refractivity contribution in [2.45, 2.75) is 39.7 Å². The molecule has 2 aliphatic rings. The van der Waals surface area contributed by atoms with Crippen LogP contribution in [0.3, 0.4) is 0 Å². The molecule has 0 aliphatic carbocycles. The second kappa shape index (κ2) is 10.7. The second-order valence-corrected chi connectivity index (χ2v) is 14.7. The van der Waals surface area contributed by atoms with Crippen molar-refractivity contribution in [3.63, 3.8) is 0 Å². The van der Waals surface area contributed by atoms with Crippen molar-refractivity contribution in [3.8, 4) is 22.3 Å². The first-order chi connectivity index (χ1) is 24.7. The van der Waals surface area contributed by atoms with E-state index in [1.54, 1.807) is 5.56 Å². The number of benzene rings is 7. The average molecular weight is 645 g/mol. The molecule has 0 amide bonds. The predicted octanol–water partition coefficient (Wildman–Crippen LogP) is 12.0. The number of fused-ring (bicyclic) bond motifs is 10. The summed E-state index contributed by atoms with van der Waals surface area (Å²) in [5.41, 5.74) is 11.4. The topological polar surface area (TPSA) is 6.48 Å². The van der Waals surface area contributed by atoms with E-state index < -0.39 is 0 Å². The van der Waals surface area contributed by atoms with Crippen LogP contribution >= 0.6 is 0 Å². The quantitative estimate of drug-likeness (QED) is 0.188. The standard InChI is InChI=1S/C48H40N2/c1-3-49-25-23-32-31(28-49)26-38-43-34(32)18-11-20-36(43)45-42(30-16-9-6-10-17-30)48-39-27-40-33(22-13-24-50(40)4-2)35-19-12-21-37(44(35)39)46(48)41(47(38)45)29-14-7-5-8-15-29/h5-12,14-21,26-27H,3-4,13,22-25,28H2,1-2H3. The second-order valence-electron chi connectivity index (χ2n) is 14.7. The molecule has 11 rings (SSSR count). The molecule has 9 aromatic carbocycles. The van der Waals surface area contributed by atoms with Crippen LogP contribution < -0.4 is 4.90 Å². The van der Waals surface area contributed by atoms with E-state index in [9.17, 15) is 0 Å². The van der Waals surface area contributed by atoms with Crippen molar-refractivity contribution in [3.05, 3.63) is 126 Å². The van der Waals surface area contributed by atoms with Gasteiger partial charge in [-0.2, -0.15) is 0 Å². The van der Waals surface area contributed by atoms with Crippen molar-refractivity contribution < 1.29 is 0 Å². The number of hydrogen-bond donors (Lipinski definition) is 0. The van der Waals surface area contributed by atoms with Crippen molar-refractivity contribution >= 4 is 70.3 Å². The third-order valence-corrected chi connectivity index (χ3v) is 12.4. The summed E-state index contributed by atoms with van der Waals surface area (Å²) in [6.07, 6.45) is 3.47. The molecule has 0 radical (unpaired) electrons. The van der Waals surface area contributed by atoms with Gasteiger partial charge in [0.25, 0.3) is 0 Å². The fourth-order valence-electron chi connectivity index (χ4n) is 10.3. The molecule has 0 saturated carbocycles. The number of anilines is 1. The van der Waals surface area contributed by atoms with E-state index in [-0.39, 0.29) is 0 Å². The Bertz CT molecular complexity index is 2780. The summed E-state index contributed by atoms with van der Waals surface area (Å²) in [5, 5.41) is 17.1. The molecular weight excluding hydrogens is 605 g/mol. The van der Waals surface area contributed by atoms with Gasteiger partial charge < -0.3 is 4.90 Å². The van der Waals surface area contributed by atoms with E-state index in [0.29, 0.717) is 0 Å². The van der Waals surface area contributed by atoms with Gasteiger partial charge >= 0.3 is 0 Å². The Morgan fingerprint density at radius 2 is 1.04 bits per heavy atom. The molecule has 0 saturated heterocycles. The van der Waals surface area contributed by atoms with Crippen molar-refractivity contribution in [2.75, 3.05) is 31.1 Å². The number of aryl methyl sites for hydroxylation is 1. The first-order valence-corrected chi connectivity index (χ1v) is 18.7. The summed E-state index contributed by atoms with van der Waals surface area (Å²) >= 11 is 0. The van der Waals surface area contributed by atoms with Crippen LogP contribution in [0.25, 0.3) is 86.9 Å². The van der Waals surface area contributed by atoms with E-state index in [0.717, 1.165) is 45.6 Å². The maximum atomic E-state index is 2.62. The molecular formula is C48H40N2. The zero-order chi connectivity index (χ0) is 33.1. The van der Waals surface area contributed by atoms with Gasteiger partial charge in [0, 0.05) is 31.9 Å². The first-order valence-electron chi connectivity index (χ1n) is 18.7. The largest absolute Gasteiger partial charge is 0.372 e. The number of likely N-dealkylation sites (N-methyl/N-ethyl adjacent to an activating group) is 1. The third-order valence-electron chi connectivity index (χ3n) is 12.4. The monoisotopic (exact) mass is 644 g/mol. The van der Waals surface area contributed by atoms with Gasteiger partial charge in [-0.25, -0.2) is 0 Å². The fourth-order valence-corrected chi connectivity index (χ4v) is 10.3.